The van der Waals surface area contributed by atoms with Gasteiger partial charge in [0.1, 0.15) is 0 Å². The van der Waals surface area contributed by atoms with E-state index in [-0.39, 0.29) is 11.2 Å². The van der Waals surface area contributed by atoms with E-state index in [0.29, 0.717) is 16.6 Å². The van der Waals surface area contributed by atoms with Crippen molar-refractivity contribution in [3.63, 3.8) is 0 Å². The van der Waals surface area contributed by atoms with Gasteiger partial charge in [-0.15, -0.1) is 0 Å². The van der Waals surface area contributed by atoms with Crippen molar-refractivity contribution in [2.45, 2.75) is 11.7 Å². The Balaban J connectivity index is 1.72. The number of nitrogens with one attached hydrogen (secondary N) is 1. The van der Waals surface area contributed by atoms with Crippen LogP contribution in [0.2, 0.25) is 5.02 Å². The van der Waals surface area contributed by atoms with Gasteiger partial charge in [0.2, 0.25) is 5.91 Å². The highest BCUT2D eigenvalue weighted by molar-refractivity contribution is 8.15. The number of hydrogen-bond acceptors (Lipinski definition) is 3. The van der Waals surface area contributed by atoms with Crippen LogP contribution in [0.15, 0.2) is 59.6 Å². The molecule has 3 nitrogen and oxygen atoms in total. The van der Waals surface area contributed by atoms with E-state index in [1.54, 1.807) is 0 Å². The zero-order chi connectivity index (χ0) is 14.7. The molecule has 3 rings (SSSR count). The Bertz CT molecular complexity index is 688. The van der Waals surface area contributed by atoms with Gasteiger partial charge >= 0.3 is 0 Å². The molecule has 1 aliphatic rings. The highest BCUT2D eigenvalue weighted by Gasteiger charge is 2.30. The van der Waals surface area contributed by atoms with E-state index in [9.17, 15) is 4.79 Å². The summed E-state index contributed by atoms with van der Waals surface area (Å²) in [7, 11) is 0. The molecule has 0 bridgehead atoms. The molecule has 1 heterocycles. The highest BCUT2D eigenvalue weighted by atomic mass is 35.5. The van der Waals surface area contributed by atoms with E-state index in [4.69, 9.17) is 11.6 Å². The molecular weight excluding hydrogens is 304 g/mol. The van der Waals surface area contributed by atoms with E-state index in [1.165, 1.54) is 11.8 Å². The van der Waals surface area contributed by atoms with Crippen LogP contribution in [0.4, 0.5) is 5.69 Å². The monoisotopic (exact) mass is 316 g/mol. The van der Waals surface area contributed by atoms with Crippen molar-refractivity contribution in [1.82, 2.24) is 5.32 Å². The van der Waals surface area contributed by atoms with Crippen LogP contribution in [-0.2, 0) is 11.2 Å². The van der Waals surface area contributed by atoms with Gasteiger partial charge in [-0.05, 0) is 36.2 Å². The van der Waals surface area contributed by atoms with Crippen LogP contribution in [0.25, 0.3) is 0 Å². The van der Waals surface area contributed by atoms with Crippen molar-refractivity contribution in [3.05, 3.63) is 65.2 Å². The molecule has 0 unspecified atom stereocenters. The second-order valence-corrected chi connectivity index (χ2v) is 6.31. The van der Waals surface area contributed by atoms with Gasteiger partial charge < -0.3 is 5.32 Å². The first-order valence-electron chi connectivity index (χ1n) is 6.56. The van der Waals surface area contributed by atoms with Crippen LogP contribution in [0.3, 0.4) is 0 Å². The number of halogens is 1. The number of benzene rings is 2. The molecule has 2 aromatic carbocycles. The first-order chi connectivity index (χ1) is 10.2. The van der Waals surface area contributed by atoms with Gasteiger partial charge in [0, 0.05) is 5.02 Å². The predicted octanol–water partition coefficient (Wildman–Crippen LogP) is 3.80. The predicted molar refractivity (Wildman–Crippen MR) is 88.2 cm³/mol. The number of carbonyl (C=O) groups excluding carboxylic acids is 1. The lowest BCUT2D eigenvalue weighted by Crippen LogP contribution is -2.25. The minimum absolute atomic E-state index is 0.00495. The summed E-state index contributed by atoms with van der Waals surface area (Å²) >= 11 is 7.43. The highest BCUT2D eigenvalue weighted by Crippen LogP contribution is 2.26. The maximum atomic E-state index is 12.0. The van der Waals surface area contributed by atoms with E-state index in [2.05, 4.69) is 10.3 Å². The van der Waals surface area contributed by atoms with Crippen LogP contribution >= 0.6 is 23.4 Å². The Hall–Kier alpha value is -1.78. The third-order valence-electron chi connectivity index (χ3n) is 3.07. The number of hydrogen-bond donors (Lipinski definition) is 1. The van der Waals surface area contributed by atoms with Gasteiger partial charge in [0.15, 0.2) is 5.17 Å². The first kappa shape index (κ1) is 14.2. The average molecular weight is 317 g/mol. The fraction of sp³-hybridized carbons (Fsp3) is 0.125. The molecule has 2 aromatic rings. The maximum Gasteiger partial charge on any atom is 0.239 e. The normalized spacial score (nSPS) is 19.8. The molecule has 5 heteroatoms. The summed E-state index contributed by atoms with van der Waals surface area (Å²) < 4.78 is 0. The molecule has 1 aliphatic heterocycles. The number of amidine groups is 1. The van der Waals surface area contributed by atoms with Crippen molar-refractivity contribution in [1.29, 1.82) is 0 Å². The van der Waals surface area contributed by atoms with Gasteiger partial charge in [-0.2, -0.15) is 0 Å². The molecule has 0 aliphatic carbocycles. The zero-order valence-corrected chi connectivity index (χ0v) is 12.7. The Labute approximate surface area is 132 Å². The Kier molecular flexibility index (Phi) is 4.27. The Morgan fingerprint density at radius 3 is 2.71 bits per heavy atom. The van der Waals surface area contributed by atoms with Crippen LogP contribution in [0.5, 0.6) is 0 Å². The SMILES string of the molecule is O=C1NC(=Nc2ccccc2)S[C@@H]1Cc1cccc(Cl)c1. The molecule has 1 amide bonds. The van der Waals surface area contributed by atoms with Gasteiger partial charge in [-0.1, -0.05) is 53.7 Å². The van der Waals surface area contributed by atoms with Crippen LogP contribution < -0.4 is 5.32 Å². The van der Waals surface area contributed by atoms with Crippen molar-refractivity contribution >= 4 is 40.1 Å². The summed E-state index contributed by atoms with van der Waals surface area (Å²) in [6.45, 7) is 0. The van der Waals surface area contributed by atoms with Crippen LogP contribution in [0, 0.1) is 0 Å². The number of aliphatic imine (C=N–C) groups is 1. The van der Waals surface area contributed by atoms with Crippen molar-refractivity contribution < 1.29 is 4.79 Å². The van der Waals surface area contributed by atoms with Crippen molar-refractivity contribution in [2.24, 2.45) is 4.99 Å². The molecule has 0 aromatic heterocycles. The lowest BCUT2D eigenvalue weighted by atomic mass is 10.1. The summed E-state index contributed by atoms with van der Waals surface area (Å²) in [5.41, 5.74) is 1.89. The zero-order valence-electron chi connectivity index (χ0n) is 11.1. The Morgan fingerprint density at radius 2 is 1.95 bits per heavy atom. The number of thioether (sulfide) groups is 1. The molecule has 0 radical (unpaired) electrons. The number of rotatable bonds is 3. The molecule has 1 fully saturated rings. The largest absolute Gasteiger partial charge is 0.304 e. The number of amides is 1. The molecule has 1 saturated heterocycles. The summed E-state index contributed by atoms with van der Waals surface area (Å²) in [4.78, 5) is 16.5. The van der Waals surface area contributed by atoms with E-state index in [0.717, 1.165) is 11.3 Å². The van der Waals surface area contributed by atoms with Gasteiger partial charge in [-0.3, -0.25) is 4.79 Å². The quantitative estimate of drug-likeness (QED) is 0.935. The molecule has 1 atom stereocenters. The summed E-state index contributed by atoms with van der Waals surface area (Å²) in [5, 5.41) is 4.01. The molecule has 0 spiro atoms. The lowest BCUT2D eigenvalue weighted by molar-refractivity contribution is -0.118. The molecular formula is C16H13ClN2OS. The minimum atomic E-state index is -0.161. The van der Waals surface area contributed by atoms with Crippen molar-refractivity contribution in [3.8, 4) is 0 Å². The minimum Gasteiger partial charge on any atom is -0.304 e. The third kappa shape index (κ3) is 3.65. The molecule has 0 saturated carbocycles. The van der Waals surface area contributed by atoms with E-state index in [1.807, 2.05) is 54.6 Å². The number of nitrogens with zero attached hydrogens (tertiary/aromatic N) is 1. The van der Waals surface area contributed by atoms with Crippen LogP contribution in [0.1, 0.15) is 5.56 Å². The lowest BCUT2D eigenvalue weighted by Gasteiger charge is -2.05. The van der Waals surface area contributed by atoms with Gasteiger partial charge in [0.05, 0.1) is 10.9 Å². The maximum absolute atomic E-state index is 12.0. The summed E-state index contributed by atoms with van der Waals surface area (Å²) in [5.74, 6) is -0.00495. The van der Waals surface area contributed by atoms with Crippen LogP contribution in [-0.4, -0.2) is 16.3 Å². The van der Waals surface area contributed by atoms with Gasteiger partial charge in [0.25, 0.3) is 0 Å². The standard InChI is InChI=1S/C16H13ClN2OS/c17-12-6-4-5-11(9-12)10-14-15(20)19-16(21-14)18-13-7-2-1-3-8-13/h1-9,14H,10H2,(H,18,19,20)/t14-/m1/s1. The van der Waals surface area contributed by atoms with E-state index < -0.39 is 0 Å². The topological polar surface area (TPSA) is 41.5 Å². The number of para-hydroxylation sites is 1. The first-order valence-corrected chi connectivity index (χ1v) is 7.82. The smallest absolute Gasteiger partial charge is 0.239 e. The molecule has 1 N–H and O–H groups in total. The fourth-order valence-electron chi connectivity index (χ4n) is 2.09. The van der Waals surface area contributed by atoms with Gasteiger partial charge in [-0.25, -0.2) is 4.99 Å². The fourth-order valence-corrected chi connectivity index (χ4v) is 3.33. The second kappa shape index (κ2) is 6.33. The second-order valence-electron chi connectivity index (χ2n) is 4.68. The summed E-state index contributed by atoms with van der Waals surface area (Å²) in [6, 6.07) is 17.2. The Morgan fingerprint density at radius 1 is 1.14 bits per heavy atom. The average Bonchev–Trinajstić information content (AvgIpc) is 2.80. The third-order valence-corrected chi connectivity index (χ3v) is 4.39. The van der Waals surface area contributed by atoms with Crippen molar-refractivity contribution in [2.75, 3.05) is 0 Å². The molecule has 21 heavy (non-hydrogen) atoms. The summed E-state index contributed by atoms with van der Waals surface area (Å²) in [6.07, 6.45) is 0.644. The number of carbonyl (C=O) groups is 1. The van der Waals surface area contributed by atoms with E-state index >= 15 is 0 Å². The molecule has 106 valence electrons.